The van der Waals surface area contributed by atoms with Crippen LogP contribution in [0.3, 0.4) is 0 Å². The predicted octanol–water partition coefficient (Wildman–Crippen LogP) is 2.93. The van der Waals surface area contributed by atoms with Gasteiger partial charge >= 0.3 is 5.97 Å². The van der Waals surface area contributed by atoms with Crippen molar-refractivity contribution in [2.24, 2.45) is 0 Å². The molecule has 25 heavy (non-hydrogen) atoms. The lowest BCUT2D eigenvalue weighted by Crippen LogP contribution is -2.21. The summed E-state index contributed by atoms with van der Waals surface area (Å²) in [4.78, 5) is 33.9. The lowest BCUT2D eigenvalue weighted by molar-refractivity contribution is -0.383. The molecule has 0 saturated heterocycles. The Morgan fingerprint density at radius 3 is 2.64 bits per heavy atom. The number of halogens is 1. The van der Waals surface area contributed by atoms with Crippen LogP contribution in [0.15, 0.2) is 36.4 Å². The summed E-state index contributed by atoms with van der Waals surface area (Å²) in [6.45, 7) is 1.22. The van der Waals surface area contributed by atoms with Crippen LogP contribution in [0, 0.1) is 17.0 Å². The number of nitrogens with zero attached hydrogens (tertiary/aromatic N) is 1. The smallest absolute Gasteiger partial charge is 0.338 e. The number of rotatable bonds is 5. The minimum absolute atomic E-state index is 0.0718. The normalized spacial score (nSPS) is 10.2. The van der Waals surface area contributed by atoms with Gasteiger partial charge < -0.3 is 15.8 Å². The third-order valence-corrected chi connectivity index (χ3v) is 3.49. The Morgan fingerprint density at radius 2 is 2.00 bits per heavy atom. The summed E-state index contributed by atoms with van der Waals surface area (Å²) in [6, 6.07) is 8.43. The Hall–Kier alpha value is -3.13. The molecule has 8 nitrogen and oxygen atoms in total. The van der Waals surface area contributed by atoms with Crippen molar-refractivity contribution in [3.8, 4) is 0 Å². The first-order valence-electron chi connectivity index (χ1n) is 7.05. The number of nitrogen functional groups attached to an aromatic ring is 1. The van der Waals surface area contributed by atoms with E-state index in [0.717, 1.165) is 11.6 Å². The molecule has 9 heteroatoms. The van der Waals surface area contributed by atoms with Gasteiger partial charge in [0.05, 0.1) is 10.5 Å². The highest BCUT2D eigenvalue weighted by Gasteiger charge is 2.17. The minimum atomic E-state index is -0.869. The number of carbonyl (C=O) groups is 2. The molecule has 130 valence electrons. The molecule has 0 aliphatic heterocycles. The number of hydrogen-bond acceptors (Lipinski definition) is 6. The number of nitrogens with two attached hydrogens (primary N) is 1. The lowest BCUT2D eigenvalue weighted by Gasteiger charge is -2.09. The van der Waals surface area contributed by atoms with E-state index in [9.17, 15) is 19.7 Å². The highest BCUT2D eigenvalue weighted by atomic mass is 35.5. The first-order chi connectivity index (χ1) is 11.8. The van der Waals surface area contributed by atoms with Gasteiger partial charge in [0.15, 0.2) is 6.61 Å². The molecular weight excluding hydrogens is 350 g/mol. The van der Waals surface area contributed by atoms with Crippen LogP contribution in [0.2, 0.25) is 5.02 Å². The molecule has 0 atom stereocenters. The standard InChI is InChI=1S/C16H14ClN3O5/c1-9-6-11(17)3-5-13(9)19-15(21)8-25-16(22)10-2-4-12(18)14(7-10)20(23)24/h2-7H,8,18H2,1H3,(H,19,21). The number of nitro groups is 1. The zero-order chi connectivity index (χ0) is 18.6. The summed E-state index contributed by atoms with van der Waals surface area (Å²) in [5.74, 6) is -1.42. The summed E-state index contributed by atoms with van der Waals surface area (Å²) >= 11 is 5.83. The number of anilines is 2. The van der Waals surface area contributed by atoms with Crippen LogP contribution in [0.1, 0.15) is 15.9 Å². The fourth-order valence-corrected chi connectivity index (χ4v) is 2.22. The molecule has 0 unspecified atom stereocenters. The minimum Gasteiger partial charge on any atom is -0.452 e. The molecule has 2 rings (SSSR count). The molecule has 2 aromatic carbocycles. The Balaban J connectivity index is 1.98. The SMILES string of the molecule is Cc1cc(Cl)ccc1NC(=O)COC(=O)c1ccc(N)c([N+](=O)[O-])c1. The van der Waals surface area contributed by atoms with E-state index in [1.807, 2.05) is 0 Å². The molecule has 0 spiro atoms. The molecule has 3 N–H and O–H groups in total. The first kappa shape index (κ1) is 18.2. The van der Waals surface area contributed by atoms with Gasteiger partial charge in [-0.2, -0.15) is 0 Å². The van der Waals surface area contributed by atoms with Gasteiger partial charge in [-0.1, -0.05) is 11.6 Å². The number of hydrogen-bond donors (Lipinski definition) is 2. The fourth-order valence-electron chi connectivity index (χ4n) is 2.00. The van der Waals surface area contributed by atoms with Crippen molar-refractivity contribution in [2.75, 3.05) is 17.7 Å². The van der Waals surface area contributed by atoms with Gasteiger partial charge in [-0.25, -0.2) is 4.79 Å². The molecule has 0 aliphatic rings. The van der Waals surface area contributed by atoms with Crippen LogP contribution in [-0.2, 0) is 9.53 Å². The zero-order valence-electron chi connectivity index (χ0n) is 13.1. The van der Waals surface area contributed by atoms with Gasteiger partial charge in [0.2, 0.25) is 0 Å². The number of carbonyl (C=O) groups excluding carboxylic acids is 2. The second-order valence-corrected chi connectivity index (χ2v) is 5.55. The summed E-state index contributed by atoms with van der Waals surface area (Å²) < 4.78 is 4.86. The summed E-state index contributed by atoms with van der Waals surface area (Å²) in [5.41, 5.74) is 6.19. The monoisotopic (exact) mass is 363 g/mol. The maximum atomic E-state index is 11.9. The molecule has 0 fully saturated rings. The molecule has 1 amide bonds. The number of nitrogens with one attached hydrogen (secondary N) is 1. The van der Waals surface area contributed by atoms with Crippen LogP contribution < -0.4 is 11.1 Å². The van der Waals surface area contributed by atoms with E-state index in [-0.39, 0.29) is 11.3 Å². The van der Waals surface area contributed by atoms with Crippen LogP contribution in [0.5, 0.6) is 0 Å². The maximum absolute atomic E-state index is 11.9. The Kier molecular flexibility index (Phi) is 5.56. The molecule has 0 heterocycles. The molecule has 0 aliphatic carbocycles. The highest BCUT2D eigenvalue weighted by Crippen LogP contribution is 2.23. The number of ether oxygens (including phenoxy) is 1. The third-order valence-electron chi connectivity index (χ3n) is 3.26. The van der Waals surface area contributed by atoms with Crippen molar-refractivity contribution in [1.82, 2.24) is 0 Å². The zero-order valence-corrected chi connectivity index (χ0v) is 13.9. The Bertz CT molecular complexity index is 854. The maximum Gasteiger partial charge on any atom is 0.338 e. The van der Waals surface area contributed by atoms with Crippen molar-refractivity contribution in [3.05, 3.63) is 62.7 Å². The molecule has 0 aromatic heterocycles. The van der Waals surface area contributed by atoms with E-state index in [0.29, 0.717) is 10.7 Å². The van der Waals surface area contributed by atoms with E-state index >= 15 is 0 Å². The summed E-state index contributed by atoms with van der Waals surface area (Å²) in [6.07, 6.45) is 0. The van der Waals surface area contributed by atoms with Gasteiger partial charge in [-0.15, -0.1) is 0 Å². The van der Waals surface area contributed by atoms with Gasteiger partial charge in [0.25, 0.3) is 11.6 Å². The van der Waals surface area contributed by atoms with Crippen molar-refractivity contribution < 1.29 is 19.2 Å². The van der Waals surface area contributed by atoms with Crippen LogP contribution in [0.4, 0.5) is 17.1 Å². The topological polar surface area (TPSA) is 125 Å². The third kappa shape index (κ3) is 4.67. The van der Waals surface area contributed by atoms with Crippen molar-refractivity contribution >= 4 is 40.5 Å². The van der Waals surface area contributed by atoms with E-state index in [1.54, 1.807) is 25.1 Å². The molecule has 0 saturated carbocycles. The first-order valence-corrected chi connectivity index (χ1v) is 7.43. The average Bonchev–Trinajstić information content (AvgIpc) is 2.55. The van der Waals surface area contributed by atoms with E-state index in [4.69, 9.17) is 22.1 Å². The van der Waals surface area contributed by atoms with Crippen LogP contribution in [-0.4, -0.2) is 23.4 Å². The summed E-state index contributed by atoms with van der Waals surface area (Å²) in [5, 5.41) is 13.9. The van der Waals surface area contributed by atoms with Gasteiger partial charge in [0.1, 0.15) is 5.69 Å². The molecule has 0 bridgehead atoms. The second kappa shape index (κ2) is 7.63. The lowest BCUT2D eigenvalue weighted by atomic mass is 10.2. The quantitative estimate of drug-likeness (QED) is 0.364. The number of aryl methyl sites for hydroxylation is 1. The number of amides is 1. The molecular formula is C16H14ClN3O5. The van der Waals surface area contributed by atoms with Crippen molar-refractivity contribution in [1.29, 1.82) is 0 Å². The summed E-state index contributed by atoms with van der Waals surface area (Å²) in [7, 11) is 0. The molecule has 0 radical (unpaired) electrons. The number of esters is 1. The van der Waals surface area contributed by atoms with Crippen LogP contribution in [0.25, 0.3) is 0 Å². The Labute approximate surface area is 147 Å². The van der Waals surface area contributed by atoms with Crippen LogP contribution >= 0.6 is 11.6 Å². The van der Waals surface area contributed by atoms with E-state index in [1.165, 1.54) is 12.1 Å². The Morgan fingerprint density at radius 1 is 1.28 bits per heavy atom. The van der Waals surface area contributed by atoms with E-state index < -0.39 is 29.1 Å². The van der Waals surface area contributed by atoms with Gasteiger partial charge in [-0.05, 0) is 42.8 Å². The average molecular weight is 364 g/mol. The fraction of sp³-hybridized carbons (Fsp3) is 0.125. The highest BCUT2D eigenvalue weighted by molar-refractivity contribution is 6.30. The molecule has 2 aromatic rings. The number of nitro benzene ring substituents is 1. The van der Waals surface area contributed by atoms with Gasteiger partial charge in [0, 0.05) is 16.8 Å². The second-order valence-electron chi connectivity index (χ2n) is 5.11. The largest absolute Gasteiger partial charge is 0.452 e. The van der Waals surface area contributed by atoms with Crippen molar-refractivity contribution in [2.45, 2.75) is 6.92 Å². The predicted molar refractivity (Wildman–Crippen MR) is 92.6 cm³/mol. The van der Waals surface area contributed by atoms with E-state index in [2.05, 4.69) is 5.32 Å². The number of benzene rings is 2. The van der Waals surface area contributed by atoms with Crippen molar-refractivity contribution in [3.63, 3.8) is 0 Å². The van der Waals surface area contributed by atoms with Gasteiger partial charge in [-0.3, -0.25) is 14.9 Å².